The number of fused-ring (bicyclic) bond motifs is 1. The Kier molecular flexibility index (Phi) is 7.10. The number of likely N-dealkylation sites (N-methyl/N-ethyl adjacent to an activating group) is 1. The molecule has 0 spiro atoms. The average molecular weight is 415 g/mol. The first kappa shape index (κ1) is 21.8. The third-order valence-corrected chi connectivity index (χ3v) is 5.49. The molecule has 0 saturated carbocycles. The van der Waals surface area contributed by atoms with Crippen molar-refractivity contribution in [2.24, 2.45) is 0 Å². The first-order valence-electron chi connectivity index (χ1n) is 10.4. The van der Waals surface area contributed by atoms with E-state index in [2.05, 4.69) is 4.90 Å². The fourth-order valence-corrected chi connectivity index (χ4v) is 3.65. The van der Waals surface area contributed by atoms with Gasteiger partial charge in [0.1, 0.15) is 11.3 Å². The van der Waals surface area contributed by atoms with Gasteiger partial charge in [0.2, 0.25) is 5.91 Å². The zero-order chi connectivity index (χ0) is 21.7. The van der Waals surface area contributed by atoms with Crippen molar-refractivity contribution in [2.45, 2.75) is 20.8 Å². The standard InChI is InChI=1S/C22H29N3O5/c1-4-24(5-2)20(26)14-23-8-10-25(11-9-23)21(27)15-29-17-6-7-18-16(3)12-22(28)30-19(18)13-17/h6-7,12-13H,4-5,8-11,14-15H2,1-3H3. The van der Waals surface area contributed by atoms with Crippen LogP contribution >= 0.6 is 0 Å². The Morgan fingerprint density at radius 2 is 1.80 bits per heavy atom. The van der Waals surface area contributed by atoms with E-state index in [1.165, 1.54) is 6.07 Å². The number of carbonyl (C=O) groups excluding carboxylic acids is 2. The molecule has 0 atom stereocenters. The van der Waals surface area contributed by atoms with Gasteiger partial charge in [0.25, 0.3) is 5.91 Å². The van der Waals surface area contributed by atoms with Crippen LogP contribution in [0.1, 0.15) is 19.4 Å². The summed E-state index contributed by atoms with van der Waals surface area (Å²) in [5, 5.41) is 0.837. The highest BCUT2D eigenvalue weighted by Crippen LogP contribution is 2.22. The van der Waals surface area contributed by atoms with Gasteiger partial charge in [0.05, 0.1) is 6.54 Å². The highest BCUT2D eigenvalue weighted by molar-refractivity contribution is 5.82. The summed E-state index contributed by atoms with van der Waals surface area (Å²) in [6.45, 7) is 9.99. The maximum absolute atomic E-state index is 12.5. The molecule has 8 nitrogen and oxygen atoms in total. The van der Waals surface area contributed by atoms with Gasteiger partial charge in [0, 0.05) is 56.8 Å². The summed E-state index contributed by atoms with van der Waals surface area (Å²) in [6, 6.07) is 6.66. The van der Waals surface area contributed by atoms with Gasteiger partial charge in [-0.15, -0.1) is 0 Å². The summed E-state index contributed by atoms with van der Waals surface area (Å²) in [5.41, 5.74) is 0.864. The van der Waals surface area contributed by atoms with Crippen LogP contribution in [0.4, 0.5) is 0 Å². The third kappa shape index (κ3) is 5.18. The lowest BCUT2D eigenvalue weighted by Gasteiger charge is -2.35. The Morgan fingerprint density at radius 3 is 2.47 bits per heavy atom. The van der Waals surface area contributed by atoms with Gasteiger partial charge in [0.15, 0.2) is 6.61 Å². The SMILES string of the molecule is CCN(CC)C(=O)CN1CCN(C(=O)COc2ccc3c(C)cc(=O)oc3c2)CC1. The van der Waals surface area contributed by atoms with Crippen LogP contribution in [0.15, 0.2) is 33.5 Å². The normalized spacial score (nSPS) is 14.7. The highest BCUT2D eigenvalue weighted by atomic mass is 16.5. The molecule has 0 radical (unpaired) electrons. The number of benzene rings is 1. The van der Waals surface area contributed by atoms with E-state index in [1.807, 2.05) is 31.7 Å². The lowest BCUT2D eigenvalue weighted by molar-refractivity contribution is -0.136. The minimum Gasteiger partial charge on any atom is -0.484 e. The molecule has 1 aliphatic rings. The van der Waals surface area contributed by atoms with E-state index in [9.17, 15) is 14.4 Å². The van der Waals surface area contributed by atoms with E-state index in [-0.39, 0.29) is 18.4 Å². The maximum Gasteiger partial charge on any atom is 0.336 e. The summed E-state index contributed by atoms with van der Waals surface area (Å²) < 4.78 is 10.8. The van der Waals surface area contributed by atoms with E-state index >= 15 is 0 Å². The minimum atomic E-state index is -0.412. The molecule has 8 heteroatoms. The van der Waals surface area contributed by atoms with Crippen molar-refractivity contribution in [2.75, 3.05) is 52.4 Å². The molecule has 0 N–H and O–H groups in total. The molecule has 1 fully saturated rings. The van der Waals surface area contributed by atoms with Crippen molar-refractivity contribution in [1.82, 2.24) is 14.7 Å². The molecular weight excluding hydrogens is 386 g/mol. The summed E-state index contributed by atoms with van der Waals surface area (Å²) in [5.74, 6) is 0.505. The van der Waals surface area contributed by atoms with Crippen LogP contribution in [-0.2, 0) is 9.59 Å². The fourth-order valence-electron chi connectivity index (χ4n) is 3.65. The van der Waals surface area contributed by atoms with Crippen molar-refractivity contribution in [3.05, 3.63) is 40.2 Å². The van der Waals surface area contributed by atoms with E-state index in [1.54, 1.807) is 17.0 Å². The number of aryl methyl sites for hydroxylation is 1. The summed E-state index contributed by atoms with van der Waals surface area (Å²) in [4.78, 5) is 42.0. The lowest BCUT2D eigenvalue weighted by atomic mass is 10.1. The second kappa shape index (κ2) is 9.75. The van der Waals surface area contributed by atoms with Crippen LogP contribution in [0, 0.1) is 6.92 Å². The van der Waals surface area contributed by atoms with Gasteiger partial charge in [-0.1, -0.05) is 0 Å². The summed E-state index contributed by atoms with van der Waals surface area (Å²) in [7, 11) is 0. The fraction of sp³-hybridized carbons (Fsp3) is 0.500. The number of carbonyl (C=O) groups is 2. The number of rotatable bonds is 7. The van der Waals surface area contributed by atoms with Crippen LogP contribution in [0.5, 0.6) is 5.75 Å². The number of hydrogen-bond donors (Lipinski definition) is 0. The first-order chi connectivity index (χ1) is 14.4. The summed E-state index contributed by atoms with van der Waals surface area (Å²) >= 11 is 0. The monoisotopic (exact) mass is 415 g/mol. The van der Waals surface area contributed by atoms with E-state index in [4.69, 9.17) is 9.15 Å². The molecule has 1 aromatic heterocycles. The van der Waals surface area contributed by atoms with Crippen LogP contribution in [0.25, 0.3) is 11.0 Å². The molecule has 2 heterocycles. The Hall–Kier alpha value is -2.87. The van der Waals surface area contributed by atoms with Gasteiger partial charge in [-0.05, 0) is 38.5 Å². The first-order valence-corrected chi connectivity index (χ1v) is 10.4. The number of piperazine rings is 1. The molecule has 30 heavy (non-hydrogen) atoms. The molecule has 0 bridgehead atoms. The predicted molar refractivity (Wildman–Crippen MR) is 114 cm³/mol. The van der Waals surface area contributed by atoms with Gasteiger partial charge in [-0.25, -0.2) is 4.79 Å². The van der Waals surface area contributed by atoms with Gasteiger partial charge >= 0.3 is 5.63 Å². The van der Waals surface area contributed by atoms with Gasteiger partial charge in [-0.3, -0.25) is 14.5 Å². The van der Waals surface area contributed by atoms with Crippen LogP contribution in [-0.4, -0.2) is 78.9 Å². The molecule has 0 unspecified atom stereocenters. The Bertz CT molecular complexity index is 959. The van der Waals surface area contributed by atoms with Gasteiger partial charge in [-0.2, -0.15) is 0 Å². The van der Waals surface area contributed by atoms with Crippen molar-refractivity contribution < 1.29 is 18.7 Å². The molecule has 2 aromatic rings. The largest absolute Gasteiger partial charge is 0.484 e. The molecular formula is C22H29N3O5. The quantitative estimate of drug-likeness (QED) is 0.638. The predicted octanol–water partition coefficient (Wildman–Crippen LogP) is 1.49. The number of amides is 2. The maximum atomic E-state index is 12.5. The molecule has 1 aromatic carbocycles. The Labute approximate surface area is 176 Å². The number of nitrogens with zero attached hydrogens (tertiary/aromatic N) is 3. The molecule has 162 valence electrons. The van der Waals surface area contributed by atoms with Crippen molar-refractivity contribution in [3.8, 4) is 5.75 Å². The second-order valence-corrected chi connectivity index (χ2v) is 7.42. The highest BCUT2D eigenvalue weighted by Gasteiger charge is 2.23. The minimum absolute atomic E-state index is 0.0834. The van der Waals surface area contributed by atoms with Crippen molar-refractivity contribution in [1.29, 1.82) is 0 Å². The van der Waals surface area contributed by atoms with Crippen LogP contribution in [0.2, 0.25) is 0 Å². The van der Waals surface area contributed by atoms with Crippen LogP contribution in [0.3, 0.4) is 0 Å². The molecule has 1 saturated heterocycles. The summed E-state index contributed by atoms with van der Waals surface area (Å²) in [6.07, 6.45) is 0. The Balaban J connectivity index is 1.50. The zero-order valence-electron chi connectivity index (χ0n) is 17.8. The molecule has 2 amide bonds. The molecule has 0 aliphatic carbocycles. The molecule has 3 rings (SSSR count). The van der Waals surface area contributed by atoms with E-state index < -0.39 is 5.63 Å². The average Bonchev–Trinajstić information content (AvgIpc) is 2.73. The van der Waals surface area contributed by atoms with Crippen molar-refractivity contribution in [3.63, 3.8) is 0 Å². The smallest absolute Gasteiger partial charge is 0.336 e. The number of ether oxygens (including phenoxy) is 1. The van der Waals surface area contributed by atoms with E-state index in [0.29, 0.717) is 57.1 Å². The lowest BCUT2D eigenvalue weighted by Crippen LogP contribution is -2.52. The topological polar surface area (TPSA) is 83.3 Å². The number of hydrogen-bond acceptors (Lipinski definition) is 6. The van der Waals surface area contributed by atoms with Crippen molar-refractivity contribution >= 4 is 22.8 Å². The third-order valence-electron chi connectivity index (χ3n) is 5.49. The Morgan fingerprint density at radius 1 is 1.10 bits per heavy atom. The zero-order valence-corrected chi connectivity index (χ0v) is 17.8. The molecule has 1 aliphatic heterocycles. The van der Waals surface area contributed by atoms with Gasteiger partial charge < -0.3 is 19.0 Å². The second-order valence-electron chi connectivity index (χ2n) is 7.42. The van der Waals surface area contributed by atoms with Crippen LogP contribution < -0.4 is 10.4 Å². The van der Waals surface area contributed by atoms with E-state index in [0.717, 1.165) is 10.9 Å².